The summed E-state index contributed by atoms with van der Waals surface area (Å²) in [7, 11) is 2.88. The van der Waals surface area contributed by atoms with Gasteiger partial charge in [0, 0.05) is 56.5 Å². The minimum atomic E-state index is -1.12. The SMILES string of the molecule is C/C=C/[C@H]1O[C@@](C)([C@@H](C)[C@H](O)[C@H](C)[C@H]2OC(=O)/C(OC)=C/C(C)=C/[C@@H](C)[C@@H](O)[C@@H](CC)[C@@H](O)[C@H](C)C/C(C)=C/C=C/[C@@H]2OC)C[C@@H](O[C@@H]2C[C@H](OC(C)=O)[C@@H](OC(N)=O)[C@H](C)O2)[C@@H]1C. The van der Waals surface area contributed by atoms with Crippen molar-refractivity contribution < 1.29 is 67.6 Å². The van der Waals surface area contributed by atoms with Crippen molar-refractivity contribution in [2.75, 3.05) is 14.2 Å². The summed E-state index contributed by atoms with van der Waals surface area (Å²) in [6, 6.07) is 0. The molecule has 15 nitrogen and oxygen atoms in total. The van der Waals surface area contributed by atoms with Crippen molar-refractivity contribution in [3.05, 3.63) is 59.4 Å². The number of rotatable bonds is 12. The summed E-state index contributed by atoms with van der Waals surface area (Å²) in [5.74, 6) is -3.76. The molecule has 2 fully saturated rings. The van der Waals surface area contributed by atoms with Crippen LogP contribution >= 0.6 is 0 Å². The number of aliphatic hydroxyl groups is 3. The highest BCUT2D eigenvalue weighted by molar-refractivity contribution is 5.87. The van der Waals surface area contributed by atoms with E-state index in [2.05, 4.69) is 0 Å². The van der Waals surface area contributed by atoms with E-state index in [0.29, 0.717) is 24.8 Å². The van der Waals surface area contributed by atoms with Crippen molar-refractivity contribution in [3.63, 3.8) is 0 Å². The summed E-state index contributed by atoms with van der Waals surface area (Å²) < 4.78 is 48.3. The number of carbonyl (C=O) groups excluding carboxylic acids is 3. The fourth-order valence-corrected chi connectivity index (χ4v) is 9.53. The van der Waals surface area contributed by atoms with Crippen molar-refractivity contribution in [3.8, 4) is 0 Å². The van der Waals surface area contributed by atoms with Gasteiger partial charge in [-0.1, -0.05) is 89.1 Å². The van der Waals surface area contributed by atoms with Crippen molar-refractivity contribution in [1.82, 2.24) is 0 Å². The number of esters is 2. The Labute approximate surface area is 381 Å². The monoisotopic (exact) mass is 906 g/mol. The van der Waals surface area contributed by atoms with E-state index in [0.717, 1.165) is 5.57 Å². The summed E-state index contributed by atoms with van der Waals surface area (Å²) in [4.78, 5) is 37.8. The molecule has 0 aromatic rings. The molecule has 0 radical (unpaired) electrons. The maximum Gasteiger partial charge on any atom is 0.404 e. The summed E-state index contributed by atoms with van der Waals surface area (Å²) in [6.45, 7) is 22.0. The summed E-state index contributed by atoms with van der Waals surface area (Å²) in [5.41, 5.74) is 5.96. The standard InChI is InChI=1S/C49H79NO14/c1-15-18-36-30(7)40(61-41-24-38(60-34(11)51)46(33(10)59-41)63-48(50)56)25-49(12,64-36)32(9)44(54)31(8)45-37(57-13)20-17-19-26(3)21-28(5)42(52)35(16-2)43(53)29(6)22-27(4)23-39(58-14)47(55)62-45/h15,17-20,22-23,28-33,35-38,40-46,52-54H,16,21,24-25H2,1-14H3,(H2,50,56)/b18-15+,20-17+,26-19+,27-22+,39-23-/t28-,29-,30-,31+,32+,33+,35+,36-,37+,38+,40-,41-,42+,43-,44-,45-,46+,49-/m1/s1. The third-order valence-corrected chi connectivity index (χ3v) is 13.5. The maximum atomic E-state index is 14.0. The molecule has 2 saturated heterocycles. The smallest absolute Gasteiger partial charge is 0.404 e. The number of amides is 1. The lowest BCUT2D eigenvalue weighted by Crippen LogP contribution is -2.58. The van der Waals surface area contributed by atoms with Gasteiger partial charge in [0.1, 0.15) is 18.3 Å². The molecule has 3 aliphatic rings. The fraction of sp³-hybridized carbons (Fsp3) is 0.735. The first-order chi connectivity index (χ1) is 30.0. The molecule has 3 heterocycles. The van der Waals surface area contributed by atoms with Crippen molar-refractivity contribution in [2.24, 2.45) is 41.2 Å². The second-order valence-electron chi connectivity index (χ2n) is 18.5. The molecule has 0 unspecified atom stereocenters. The predicted molar refractivity (Wildman–Crippen MR) is 241 cm³/mol. The Morgan fingerprint density at radius 1 is 1.06 bits per heavy atom. The molecule has 0 spiro atoms. The van der Waals surface area contributed by atoms with E-state index < -0.39 is 103 Å². The van der Waals surface area contributed by atoms with Crippen molar-refractivity contribution >= 4 is 18.0 Å². The zero-order valence-corrected chi connectivity index (χ0v) is 40.6. The second kappa shape index (κ2) is 24.8. The van der Waals surface area contributed by atoms with E-state index in [1.165, 1.54) is 21.1 Å². The predicted octanol–water partition coefficient (Wildman–Crippen LogP) is 6.62. The molecule has 0 aromatic carbocycles. The topological polar surface area (TPSA) is 212 Å². The molecule has 15 heteroatoms. The van der Waals surface area contributed by atoms with Crippen LogP contribution in [0.3, 0.4) is 0 Å². The number of hydrogen-bond donors (Lipinski definition) is 4. The molecular weight excluding hydrogens is 827 g/mol. The minimum absolute atomic E-state index is 0.0777. The van der Waals surface area contributed by atoms with Gasteiger partial charge in [-0.2, -0.15) is 0 Å². The van der Waals surface area contributed by atoms with E-state index in [4.69, 9.17) is 43.6 Å². The normalized spacial score (nSPS) is 40.6. The van der Waals surface area contributed by atoms with Crippen LogP contribution in [0.5, 0.6) is 0 Å². The number of cyclic esters (lactones) is 1. The van der Waals surface area contributed by atoms with E-state index in [1.807, 2.05) is 85.8 Å². The average molecular weight is 906 g/mol. The molecule has 0 aromatic heterocycles. The van der Waals surface area contributed by atoms with Crippen LogP contribution in [0.25, 0.3) is 0 Å². The largest absolute Gasteiger partial charge is 0.490 e. The number of allylic oxidation sites excluding steroid dienone is 6. The Morgan fingerprint density at radius 3 is 2.31 bits per heavy atom. The van der Waals surface area contributed by atoms with Gasteiger partial charge < -0.3 is 58.9 Å². The quantitative estimate of drug-likeness (QED) is 0.0921. The Kier molecular flexibility index (Phi) is 21.2. The average Bonchev–Trinajstić information content (AvgIpc) is 3.22. The number of nitrogens with two attached hydrogens (primary N) is 1. The highest BCUT2D eigenvalue weighted by Crippen LogP contribution is 2.44. The molecule has 0 bridgehead atoms. The Balaban J connectivity index is 2.02. The van der Waals surface area contributed by atoms with Gasteiger partial charge in [-0.05, 0) is 59.5 Å². The molecule has 18 atom stereocenters. The van der Waals surface area contributed by atoms with E-state index in [-0.39, 0.29) is 35.9 Å². The number of carbonyl (C=O) groups is 3. The fourth-order valence-electron chi connectivity index (χ4n) is 9.53. The highest BCUT2D eigenvalue weighted by Gasteiger charge is 2.51. The van der Waals surface area contributed by atoms with Gasteiger partial charge in [-0.15, -0.1) is 0 Å². The highest BCUT2D eigenvalue weighted by atomic mass is 16.7. The van der Waals surface area contributed by atoms with Crippen LogP contribution in [0.2, 0.25) is 0 Å². The van der Waals surface area contributed by atoms with Gasteiger partial charge in [0.2, 0.25) is 5.76 Å². The second-order valence-corrected chi connectivity index (χ2v) is 18.5. The first-order valence-electron chi connectivity index (χ1n) is 22.8. The number of hydrogen-bond acceptors (Lipinski definition) is 14. The molecule has 64 heavy (non-hydrogen) atoms. The first kappa shape index (κ1) is 54.8. The van der Waals surface area contributed by atoms with Crippen LogP contribution in [-0.2, 0) is 47.5 Å². The molecule has 0 saturated carbocycles. The van der Waals surface area contributed by atoms with E-state index in [1.54, 1.807) is 32.9 Å². The van der Waals surface area contributed by atoms with E-state index >= 15 is 0 Å². The maximum absolute atomic E-state index is 14.0. The zero-order chi connectivity index (χ0) is 48.2. The third kappa shape index (κ3) is 14.5. The molecular formula is C49H79NO14. The number of ether oxygens (including phenoxy) is 8. The van der Waals surface area contributed by atoms with Crippen LogP contribution in [0.1, 0.15) is 109 Å². The van der Waals surface area contributed by atoms with Gasteiger partial charge in [0.15, 0.2) is 12.4 Å². The van der Waals surface area contributed by atoms with Gasteiger partial charge in [0.25, 0.3) is 0 Å². The summed E-state index contributed by atoms with van der Waals surface area (Å²) in [6.07, 6.45) is 4.49. The lowest BCUT2D eigenvalue weighted by molar-refractivity contribution is -0.291. The van der Waals surface area contributed by atoms with Crippen LogP contribution in [0.15, 0.2) is 59.4 Å². The molecule has 3 rings (SSSR count). The molecule has 1 amide bonds. The summed E-state index contributed by atoms with van der Waals surface area (Å²) >= 11 is 0. The molecule has 3 aliphatic heterocycles. The number of aliphatic hydroxyl groups excluding tert-OH is 3. The van der Waals surface area contributed by atoms with Crippen molar-refractivity contribution in [2.45, 2.75) is 182 Å². The Hall–Kier alpha value is -3.57. The lowest BCUT2D eigenvalue weighted by atomic mass is 9.72. The minimum Gasteiger partial charge on any atom is -0.490 e. The van der Waals surface area contributed by atoms with Crippen molar-refractivity contribution in [1.29, 1.82) is 0 Å². The molecule has 364 valence electrons. The van der Waals surface area contributed by atoms with E-state index in [9.17, 15) is 29.7 Å². The van der Waals surface area contributed by atoms with Gasteiger partial charge >= 0.3 is 18.0 Å². The Bertz CT molecular complexity index is 1690. The number of methoxy groups -OCH3 is 2. The third-order valence-electron chi connectivity index (χ3n) is 13.5. The van der Waals surface area contributed by atoms with Gasteiger partial charge in [-0.25, -0.2) is 9.59 Å². The lowest BCUT2D eigenvalue weighted by Gasteiger charge is -2.51. The first-order valence-corrected chi connectivity index (χ1v) is 22.8. The van der Waals surface area contributed by atoms with Gasteiger partial charge in [-0.3, -0.25) is 4.79 Å². The van der Waals surface area contributed by atoms with Crippen LogP contribution < -0.4 is 5.73 Å². The Morgan fingerprint density at radius 2 is 1.73 bits per heavy atom. The van der Waals surface area contributed by atoms with Gasteiger partial charge in [0.05, 0.1) is 49.3 Å². The molecule has 5 N–H and O–H groups in total. The van der Waals surface area contributed by atoms with Crippen LogP contribution in [-0.4, -0.2) is 121 Å². The number of primary amides is 1. The zero-order valence-electron chi connectivity index (χ0n) is 40.6. The van der Waals surface area contributed by atoms with Crippen LogP contribution in [0, 0.1) is 35.5 Å². The molecule has 0 aliphatic carbocycles. The summed E-state index contributed by atoms with van der Waals surface area (Å²) in [5, 5.41) is 35.2. The van der Waals surface area contributed by atoms with Crippen LogP contribution in [0.4, 0.5) is 4.79 Å².